The van der Waals surface area contributed by atoms with E-state index in [1.54, 1.807) is 37.2 Å². The van der Waals surface area contributed by atoms with E-state index in [-0.39, 0.29) is 11.7 Å². The molecule has 1 unspecified atom stereocenters. The lowest BCUT2D eigenvalue weighted by Crippen LogP contribution is -2.46. The Labute approximate surface area is 134 Å². The van der Waals surface area contributed by atoms with E-state index in [9.17, 15) is 4.79 Å². The quantitative estimate of drug-likeness (QED) is 0.827. The largest absolute Gasteiger partial charge is 0.382 e. The van der Waals surface area contributed by atoms with E-state index in [4.69, 9.17) is 9.47 Å². The van der Waals surface area contributed by atoms with Crippen LogP contribution < -0.4 is 10.5 Å². The Kier molecular flexibility index (Phi) is 4.68. The summed E-state index contributed by atoms with van der Waals surface area (Å²) in [6.07, 6.45) is 3.37. The zero-order valence-corrected chi connectivity index (χ0v) is 13.3. The molecule has 0 bridgehead atoms. The fourth-order valence-electron chi connectivity index (χ4n) is 2.67. The first-order chi connectivity index (χ1) is 11.2. The fraction of sp³-hybridized carbons (Fsp3) is 0.438. The second kappa shape index (κ2) is 6.89. The van der Waals surface area contributed by atoms with Crippen LogP contribution >= 0.6 is 0 Å². The van der Waals surface area contributed by atoms with Crippen LogP contribution in [0.25, 0.3) is 11.3 Å². The van der Waals surface area contributed by atoms with Crippen molar-refractivity contribution >= 4 is 5.95 Å². The second-order valence-electron chi connectivity index (χ2n) is 5.47. The fourth-order valence-corrected chi connectivity index (χ4v) is 2.67. The monoisotopic (exact) mass is 316 g/mol. The third-order valence-corrected chi connectivity index (χ3v) is 3.86. The minimum Gasteiger partial charge on any atom is -0.382 e. The number of hydrogen-bond acceptors (Lipinski definition) is 6. The smallest absolute Gasteiger partial charge is 0.255 e. The van der Waals surface area contributed by atoms with E-state index in [1.807, 2.05) is 12.1 Å². The van der Waals surface area contributed by atoms with Gasteiger partial charge >= 0.3 is 0 Å². The normalized spacial score (nSPS) is 18.2. The van der Waals surface area contributed by atoms with Crippen molar-refractivity contribution in [3.8, 4) is 11.3 Å². The molecular weight excluding hydrogens is 296 g/mol. The van der Waals surface area contributed by atoms with Gasteiger partial charge in [-0.15, -0.1) is 0 Å². The summed E-state index contributed by atoms with van der Waals surface area (Å²) in [5, 5.41) is 0. The molecule has 0 aromatic carbocycles. The summed E-state index contributed by atoms with van der Waals surface area (Å²) in [5.74, 6) is 0.647. The number of hydrogen-bond donors (Lipinski definition) is 0. The molecule has 1 saturated heterocycles. The molecule has 23 heavy (non-hydrogen) atoms. The number of nitrogens with zero attached hydrogens (tertiary/aromatic N) is 4. The average Bonchev–Trinajstić information content (AvgIpc) is 2.58. The molecule has 0 spiro atoms. The Morgan fingerprint density at radius 1 is 1.39 bits per heavy atom. The molecule has 122 valence electrons. The molecule has 3 heterocycles. The van der Waals surface area contributed by atoms with E-state index in [0.717, 1.165) is 5.56 Å². The van der Waals surface area contributed by atoms with Crippen LogP contribution in [0.15, 0.2) is 35.4 Å². The van der Waals surface area contributed by atoms with Crippen LogP contribution in [0.2, 0.25) is 0 Å². The molecule has 0 amide bonds. The Hall–Kier alpha value is -2.25. The Balaban J connectivity index is 1.95. The minimum absolute atomic E-state index is 0.0183. The topological polar surface area (TPSA) is 69.5 Å². The maximum atomic E-state index is 12.3. The molecule has 7 heteroatoms. The summed E-state index contributed by atoms with van der Waals surface area (Å²) in [7, 11) is 3.39. The molecule has 1 atom stereocenters. The van der Waals surface area contributed by atoms with Crippen LogP contribution in [0.4, 0.5) is 5.95 Å². The maximum Gasteiger partial charge on any atom is 0.255 e. The first kappa shape index (κ1) is 15.6. The van der Waals surface area contributed by atoms with Crippen molar-refractivity contribution in [3.63, 3.8) is 0 Å². The van der Waals surface area contributed by atoms with Gasteiger partial charge in [-0.3, -0.25) is 14.3 Å². The lowest BCUT2D eigenvalue weighted by molar-refractivity contribution is -0.0105. The third kappa shape index (κ3) is 3.40. The number of methoxy groups -OCH3 is 1. The summed E-state index contributed by atoms with van der Waals surface area (Å²) in [6, 6.07) is 5.24. The highest BCUT2D eigenvalue weighted by Gasteiger charge is 2.23. The number of anilines is 1. The number of pyridine rings is 1. The zero-order chi connectivity index (χ0) is 16.2. The first-order valence-corrected chi connectivity index (χ1v) is 7.53. The Bertz CT molecular complexity index is 715. The van der Waals surface area contributed by atoms with Crippen molar-refractivity contribution in [2.24, 2.45) is 7.05 Å². The number of rotatable bonds is 4. The molecule has 1 fully saturated rings. The van der Waals surface area contributed by atoms with Crippen LogP contribution in [0.1, 0.15) is 0 Å². The highest BCUT2D eigenvalue weighted by atomic mass is 16.5. The van der Waals surface area contributed by atoms with Gasteiger partial charge in [0, 0.05) is 51.3 Å². The molecule has 0 saturated carbocycles. The van der Waals surface area contributed by atoms with Gasteiger partial charge in [-0.25, -0.2) is 4.98 Å². The highest BCUT2D eigenvalue weighted by molar-refractivity contribution is 5.59. The molecule has 2 aromatic rings. The van der Waals surface area contributed by atoms with Gasteiger partial charge in [0.05, 0.1) is 25.0 Å². The summed E-state index contributed by atoms with van der Waals surface area (Å²) < 4.78 is 12.4. The van der Waals surface area contributed by atoms with E-state index >= 15 is 0 Å². The molecule has 2 aromatic heterocycles. The van der Waals surface area contributed by atoms with Gasteiger partial charge < -0.3 is 14.4 Å². The van der Waals surface area contributed by atoms with E-state index in [1.165, 1.54) is 0 Å². The molecule has 0 N–H and O–H groups in total. The number of ether oxygens (including phenoxy) is 2. The lowest BCUT2D eigenvalue weighted by atomic mass is 10.2. The van der Waals surface area contributed by atoms with Crippen molar-refractivity contribution < 1.29 is 9.47 Å². The highest BCUT2D eigenvalue weighted by Crippen LogP contribution is 2.19. The van der Waals surface area contributed by atoms with Crippen molar-refractivity contribution in [1.29, 1.82) is 0 Å². The lowest BCUT2D eigenvalue weighted by Gasteiger charge is -2.34. The van der Waals surface area contributed by atoms with E-state index < -0.39 is 0 Å². The Morgan fingerprint density at radius 3 is 2.91 bits per heavy atom. The predicted molar refractivity (Wildman–Crippen MR) is 86.5 cm³/mol. The van der Waals surface area contributed by atoms with Gasteiger partial charge in [-0.1, -0.05) is 0 Å². The third-order valence-electron chi connectivity index (χ3n) is 3.86. The number of morpholine rings is 1. The van der Waals surface area contributed by atoms with Crippen LogP contribution in [-0.2, 0) is 16.5 Å². The maximum absolute atomic E-state index is 12.3. The first-order valence-electron chi connectivity index (χ1n) is 7.53. The van der Waals surface area contributed by atoms with Crippen LogP contribution in [0.3, 0.4) is 0 Å². The van der Waals surface area contributed by atoms with Crippen LogP contribution in [-0.4, -0.2) is 54.1 Å². The Morgan fingerprint density at radius 2 is 2.17 bits per heavy atom. The summed E-state index contributed by atoms with van der Waals surface area (Å²) in [5.41, 5.74) is 1.44. The van der Waals surface area contributed by atoms with Gasteiger partial charge in [0.15, 0.2) is 0 Å². The van der Waals surface area contributed by atoms with Crippen molar-refractivity contribution in [2.75, 3.05) is 38.3 Å². The molecule has 1 aliphatic rings. The van der Waals surface area contributed by atoms with Gasteiger partial charge in [-0.05, 0) is 12.1 Å². The van der Waals surface area contributed by atoms with Crippen molar-refractivity contribution in [3.05, 3.63) is 40.9 Å². The van der Waals surface area contributed by atoms with Crippen molar-refractivity contribution in [1.82, 2.24) is 14.5 Å². The minimum atomic E-state index is -0.0865. The standard InChI is InChI=1S/C16H20N4O3/c1-19-15(21)9-14(12-3-5-17-6-4-12)18-16(19)20-7-8-23-13(10-20)11-22-2/h3-6,9,13H,7-8,10-11H2,1-2H3. The molecule has 3 rings (SSSR count). The molecular formula is C16H20N4O3. The second-order valence-corrected chi connectivity index (χ2v) is 5.47. The summed E-state index contributed by atoms with van der Waals surface area (Å²) >= 11 is 0. The van der Waals surface area contributed by atoms with Gasteiger partial charge in [-0.2, -0.15) is 0 Å². The molecule has 7 nitrogen and oxygen atoms in total. The molecule has 0 radical (unpaired) electrons. The predicted octanol–water partition coefficient (Wildman–Crippen LogP) is 0.694. The zero-order valence-electron chi connectivity index (χ0n) is 13.3. The van der Waals surface area contributed by atoms with E-state index in [0.29, 0.717) is 37.9 Å². The average molecular weight is 316 g/mol. The van der Waals surface area contributed by atoms with Gasteiger partial charge in [0.2, 0.25) is 5.95 Å². The molecule has 0 aliphatic carbocycles. The van der Waals surface area contributed by atoms with Crippen LogP contribution in [0.5, 0.6) is 0 Å². The van der Waals surface area contributed by atoms with Gasteiger partial charge in [0.25, 0.3) is 5.56 Å². The molecule has 1 aliphatic heterocycles. The van der Waals surface area contributed by atoms with Crippen LogP contribution in [0, 0.1) is 0 Å². The SMILES string of the molecule is COCC1CN(c2nc(-c3ccncc3)cc(=O)n2C)CCO1. The summed E-state index contributed by atoms with van der Waals surface area (Å²) in [6.45, 7) is 2.45. The van der Waals surface area contributed by atoms with Crippen molar-refractivity contribution in [2.45, 2.75) is 6.10 Å². The number of aromatic nitrogens is 3. The van der Waals surface area contributed by atoms with Gasteiger partial charge in [0.1, 0.15) is 0 Å². The van der Waals surface area contributed by atoms with E-state index in [2.05, 4.69) is 14.9 Å². The summed E-state index contributed by atoms with van der Waals surface area (Å²) in [4.78, 5) is 23.1.